The zero-order valence-electron chi connectivity index (χ0n) is 12.0. The summed E-state index contributed by atoms with van der Waals surface area (Å²) in [6.45, 7) is 1.82. The number of rotatable bonds is 4. The lowest BCUT2D eigenvalue weighted by atomic mass is 10.0. The molecule has 4 nitrogen and oxygen atoms in total. The number of aliphatic hydroxyl groups excluding tert-OH is 2. The Morgan fingerprint density at radius 3 is 2.64 bits per heavy atom. The Morgan fingerprint density at radius 2 is 1.86 bits per heavy atom. The number of benzene rings is 2. The van der Waals surface area contributed by atoms with Crippen LogP contribution in [0.5, 0.6) is 0 Å². The maximum Gasteiger partial charge on any atom is 0.338 e. The van der Waals surface area contributed by atoms with Crippen LogP contribution in [0, 0.1) is 0 Å². The molecule has 0 saturated carbocycles. The molecule has 2 atom stereocenters. The average molecular weight is 316 g/mol. The first-order chi connectivity index (χ1) is 10.6. The minimum absolute atomic E-state index is 0.164. The number of thiophene rings is 1. The van der Waals surface area contributed by atoms with Crippen LogP contribution >= 0.6 is 11.3 Å². The predicted molar refractivity (Wildman–Crippen MR) is 86.9 cm³/mol. The number of hydrogen-bond acceptors (Lipinski definition) is 5. The zero-order valence-corrected chi connectivity index (χ0v) is 12.8. The van der Waals surface area contributed by atoms with Gasteiger partial charge in [-0.2, -0.15) is 0 Å². The zero-order chi connectivity index (χ0) is 15.7. The van der Waals surface area contributed by atoms with Crippen LogP contribution in [0.1, 0.15) is 18.6 Å². The van der Waals surface area contributed by atoms with Gasteiger partial charge in [0.05, 0.1) is 6.61 Å². The smallest absolute Gasteiger partial charge is 0.338 e. The van der Waals surface area contributed by atoms with Crippen LogP contribution in [-0.2, 0) is 9.53 Å². The van der Waals surface area contributed by atoms with Crippen LogP contribution in [0.2, 0.25) is 0 Å². The average Bonchev–Trinajstić information content (AvgIpc) is 2.91. The number of ether oxygens (including phenoxy) is 1. The fraction of sp³-hybridized carbons (Fsp3) is 0.235. The first kappa shape index (κ1) is 15.0. The van der Waals surface area contributed by atoms with E-state index in [0.29, 0.717) is 5.56 Å². The quantitative estimate of drug-likeness (QED) is 0.726. The van der Waals surface area contributed by atoms with E-state index in [1.807, 2.05) is 36.4 Å². The van der Waals surface area contributed by atoms with Gasteiger partial charge in [0.1, 0.15) is 6.10 Å². The van der Waals surface area contributed by atoms with Gasteiger partial charge < -0.3 is 14.9 Å². The Kier molecular flexibility index (Phi) is 4.11. The Hall–Kier alpha value is -1.95. The van der Waals surface area contributed by atoms with Crippen molar-refractivity contribution in [3.05, 3.63) is 48.0 Å². The number of carbonyl (C=O) groups excluding carboxylic acids is 1. The Labute approximate surface area is 131 Å². The first-order valence-electron chi connectivity index (χ1n) is 7.05. The molecule has 0 bridgehead atoms. The van der Waals surface area contributed by atoms with E-state index >= 15 is 0 Å². The molecule has 0 saturated heterocycles. The van der Waals surface area contributed by atoms with Gasteiger partial charge in [-0.05, 0) is 30.7 Å². The fourth-order valence-electron chi connectivity index (χ4n) is 2.47. The summed E-state index contributed by atoms with van der Waals surface area (Å²) >= 11 is 1.67. The summed E-state index contributed by atoms with van der Waals surface area (Å²) in [5.74, 6) is -0.815. The molecule has 2 N–H and O–H groups in total. The minimum Gasteiger partial charge on any atom is -0.464 e. The monoisotopic (exact) mass is 316 g/mol. The van der Waals surface area contributed by atoms with Gasteiger partial charge in [0.2, 0.25) is 0 Å². The summed E-state index contributed by atoms with van der Waals surface area (Å²) in [4.78, 5) is 11.6. The van der Waals surface area contributed by atoms with E-state index in [-0.39, 0.29) is 6.61 Å². The second kappa shape index (κ2) is 6.04. The number of carbonyl (C=O) groups is 1. The van der Waals surface area contributed by atoms with Gasteiger partial charge in [-0.15, -0.1) is 11.3 Å². The molecule has 5 heteroatoms. The van der Waals surface area contributed by atoms with Crippen molar-refractivity contribution in [1.29, 1.82) is 0 Å². The first-order valence-corrected chi connectivity index (χ1v) is 7.87. The van der Waals surface area contributed by atoms with Gasteiger partial charge in [0.15, 0.2) is 6.10 Å². The van der Waals surface area contributed by atoms with Gasteiger partial charge in [-0.3, -0.25) is 0 Å². The predicted octanol–water partition coefficient (Wildman–Crippen LogP) is 3.01. The maximum atomic E-state index is 11.6. The lowest BCUT2D eigenvalue weighted by Gasteiger charge is -2.16. The highest BCUT2D eigenvalue weighted by Crippen LogP contribution is 2.35. The molecule has 1 aromatic heterocycles. The van der Waals surface area contributed by atoms with Crippen molar-refractivity contribution in [2.45, 2.75) is 19.1 Å². The van der Waals surface area contributed by atoms with Crippen LogP contribution in [0.4, 0.5) is 0 Å². The van der Waals surface area contributed by atoms with Crippen LogP contribution in [0.3, 0.4) is 0 Å². The van der Waals surface area contributed by atoms with Crippen molar-refractivity contribution >= 4 is 37.5 Å². The normalized spacial score (nSPS) is 14.1. The van der Waals surface area contributed by atoms with Crippen LogP contribution in [-0.4, -0.2) is 28.9 Å². The summed E-state index contributed by atoms with van der Waals surface area (Å²) in [6, 6.07) is 13.5. The highest BCUT2D eigenvalue weighted by molar-refractivity contribution is 7.25. The topological polar surface area (TPSA) is 66.8 Å². The Morgan fingerprint density at radius 1 is 1.14 bits per heavy atom. The highest BCUT2D eigenvalue weighted by Gasteiger charge is 2.27. The van der Waals surface area contributed by atoms with E-state index in [4.69, 9.17) is 4.74 Å². The molecule has 0 aliphatic heterocycles. The molecule has 114 valence electrons. The van der Waals surface area contributed by atoms with Gasteiger partial charge in [0.25, 0.3) is 0 Å². The molecule has 22 heavy (non-hydrogen) atoms. The van der Waals surface area contributed by atoms with E-state index in [9.17, 15) is 15.0 Å². The second-order valence-corrected chi connectivity index (χ2v) is 6.08. The van der Waals surface area contributed by atoms with Gasteiger partial charge in [0, 0.05) is 20.2 Å². The maximum absolute atomic E-state index is 11.6. The molecule has 0 spiro atoms. The molecule has 0 fully saturated rings. The number of aliphatic hydroxyl groups is 2. The third kappa shape index (κ3) is 2.59. The van der Waals surface area contributed by atoms with E-state index in [1.54, 1.807) is 24.3 Å². The molecule has 1 heterocycles. The SMILES string of the molecule is CCOC(=O)C(O)C(O)c1ccc2sc3ccccc3c2c1. The molecule has 0 amide bonds. The lowest BCUT2D eigenvalue weighted by Crippen LogP contribution is -2.29. The molecular formula is C17H16O4S. The van der Waals surface area contributed by atoms with Crippen LogP contribution in [0.15, 0.2) is 42.5 Å². The van der Waals surface area contributed by atoms with Gasteiger partial charge in [-0.1, -0.05) is 24.3 Å². The van der Waals surface area contributed by atoms with Crippen molar-refractivity contribution < 1.29 is 19.7 Å². The van der Waals surface area contributed by atoms with Crippen molar-refractivity contribution in [3.63, 3.8) is 0 Å². The van der Waals surface area contributed by atoms with E-state index in [2.05, 4.69) is 0 Å². The number of esters is 1. The molecule has 3 aromatic rings. The summed E-state index contributed by atoms with van der Waals surface area (Å²) in [7, 11) is 0. The summed E-state index contributed by atoms with van der Waals surface area (Å²) in [5, 5.41) is 22.2. The van der Waals surface area contributed by atoms with E-state index < -0.39 is 18.2 Å². The largest absolute Gasteiger partial charge is 0.464 e. The van der Waals surface area contributed by atoms with Crippen LogP contribution in [0.25, 0.3) is 20.2 Å². The van der Waals surface area contributed by atoms with Crippen molar-refractivity contribution in [1.82, 2.24) is 0 Å². The molecule has 2 unspecified atom stereocenters. The van der Waals surface area contributed by atoms with Gasteiger partial charge >= 0.3 is 5.97 Å². The Balaban J connectivity index is 2.00. The van der Waals surface area contributed by atoms with Crippen LogP contribution < -0.4 is 0 Å². The second-order valence-electron chi connectivity index (χ2n) is 5.00. The molecular weight excluding hydrogens is 300 g/mol. The standard InChI is InChI=1S/C17H16O4S/c1-2-21-17(20)16(19)15(18)10-7-8-14-12(9-10)11-5-3-4-6-13(11)22-14/h3-9,15-16,18-19H,2H2,1H3. The highest BCUT2D eigenvalue weighted by atomic mass is 32.1. The number of hydrogen-bond donors (Lipinski definition) is 2. The van der Waals surface area contributed by atoms with E-state index in [0.717, 1.165) is 20.2 Å². The summed E-state index contributed by atoms with van der Waals surface area (Å²) in [5.41, 5.74) is 0.497. The molecule has 0 aliphatic carbocycles. The lowest BCUT2D eigenvalue weighted by molar-refractivity contribution is -0.159. The molecule has 0 radical (unpaired) electrons. The molecule has 2 aromatic carbocycles. The summed E-state index contributed by atoms with van der Waals surface area (Å²) < 4.78 is 7.00. The van der Waals surface area contributed by atoms with Crippen molar-refractivity contribution in [3.8, 4) is 0 Å². The molecule has 0 aliphatic rings. The third-order valence-electron chi connectivity index (χ3n) is 3.57. The fourth-order valence-corrected chi connectivity index (χ4v) is 3.55. The minimum atomic E-state index is -1.58. The van der Waals surface area contributed by atoms with Crippen molar-refractivity contribution in [2.24, 2.45) is 0 Å². The van der Waals surface area contributed by atoms with E-state index in [1.165, 1.54) is 0 Å². The summed E-state index contributed by atoms with van der Waals surface area (Å²) in [6.07, 6.45) is -2.88. The number of fused-ring (bicyclic) bond motifs is 3. The van der Waals surface area contributed by atoms with Gasteiger partial charge in [-0.25, -0.2) is 4.79 Å². The Bertz CT molecular complexity index is 824. The van der Waals surface area contributed by atoms with Crippen molar-refractivity contribution in [2.75, 3.05) is 6.61 Å². The molecule has 3 rings (SSSR count). The third-order valence-corrected chi connectivity index (χ3v) is 4.72.